The molecule has 1 atom stereocenters. The third kappa shape index (κ3) is 7.04. The summed E-state index contributed by atoms with van der Waals surface area (Å²) in [4.78, 5) is 26.2. The highest BCUT2D eigenvalue weighted by molar-refractivity contribution is 5.85. The van der Waals surface area contributed by atoms with Crippen LogP contribution < -0.4 is 11.1 Å². The summed E-state index contributed by atoms with van der Waals surface area (Å²) in [7, 11) is 0. The van der Waals surface area contributed by atoms with Gasteiger partial charge in [-0.1, -0.05) is 29.8 Å². The van der Waals surface area contributed by atoms with Crippen molar-refractivity contribution in [1.82, 2.24) is 10.2 Å². The second-order valence-corrected chi connectivity index (χ2v) is 6.57. The van der Waals surface area contributed by atoms with Gasteiger partial charge < -0.3 is 16.0 Å². The summed E-state index contributed by atoms with van der Waals surface area (Å²) in [5.41, 5.74) is 7.82. The van der Waals surface area contributed by atoms with Crippen LogP contribution in [0.2, 0.25) is 0 Å². The maximum absolute atomic E-state index is 12.6. The van der Waals surface area contributed by atoms with Crippen LogP contribution in [0.3, 0.4) is 0 Å². The van der Waals surface area contributed by atoms with Gasteiger partial charge in [-0.05, 0) is 38.2 Å². The second-order valence-electron chi connectivity index (χ2n) is 6.57. The SMILES string of the molecule is Cc1cccc(CCC(=O)N2CCCCC2CNC(=O)CCN)c1.Cl. The smallest absolute Gasteiger partial charge is 0.223 e. The van der Waals surface area contributed by atoms with Crippen LogP contribution in [0.25, 0.3) is 0 Å². The third-order valence-electron chi connectivity index (χ3n) is 4.56. The first-order valence-corrected chi connectivity index (χ1v) is 8.92. The van der Waals surface area contributed by atoms with Crippen molar-refractivity contribution >= 4 is 24.2 Å². The minimum Gasteiger partial charge on any atom is -0.354 e. The van der Waals surface area contributed by atoms with Gasteiger partial charge in [0, 0.05) is 38.5 Å². The molecule has 1 aliphatic rings. The lowest BCUT2D eigenvalue weighted by Crippen LogP contribution is -2.49. The van der Waals surface area contributed by atoms with E-state index in [0.717, 1.165) is 32.2 Å². The standard InChI is InChI=1S/C19H29N3O2.ClH/c1-15-5-4-6-16(13-15)8-9-19(24)22-12-3-2-7-17(22)14-21-18(23)10-11-20;/h4-6,13,17H,2-3,7-12,14,20H2,1H3,(H,21,23);1H. The van der Waals surface area contributed by atoms with Crippen molar-refractivity contribution in [2.75, 3.05) is 19.6 Å². The normalized spacial score (nSPS) is 16.9. The quantitative estimate of drug-likeness (QED) is 0.775. The Morgan fingerprint density at radius 2 is 2.08 bits per heavy atom. The average Bonchev–Trinajstić information content (AvgIpc) is 2.58. The van der Waals surface area contributed by atoms with E-state index in [-0.39, 0.29) is 30.3 Å². The summed E-state index contributed by atoms with van der Waals surface area (Å²) in [6.45, 7) is 3.75. The van der Waals surface area contributed by atoms with Gasteiger partial charge in [-0.2, -0.15) is 0 Å². The highest BCUT2D eigenvalue weighted by Gasteiger charge is 2.26. The number of rotatable bonds is 7. The Labute approximate surface area is 156 Å². The maximum Gasteiger partial charge on any atom is 0.223 e. The van der Waals surface area contributed by atoms with Crippen LogP contribution in [-0.4, -0.2) is 42.4 Å². The van der Waals surface area contributed by atoms with E-state index in [1.165, 1.54) is 11.1 Å². The van der Waals surface area contributed by atoms with Crippen molar-refractivity contribution in [3.63, 3.8) is 0 Å². The van der Waals surface area contributed by atoms with E-state index >= 15 is 0 Å². The molecule has 6 heteroatoms. The van der Waals surface area contributed by atoms with Gasteiger partial charge in [0.2, 0.25) is 11.8 Å². The van der Waals surface area contributed by atoms with Gasteiger partial charge in [0.25, 0.3) is 0 Å². The van der Waals surface area contributed by atoms with Crippen molar-refractivity contribution in [3.05, 3.63) is 35.4 Å². The molecule has 0 radical (unpaired) electrons. The van der Waals surface area contributed by atoms with Gasteiger partial charge in [-0.3, -0.25) is 9.59 Å². The maximum atomic E-state index is 12.6. The number of likely N-dealkylation sites (tertiary alicyclic amines) is 1. The minimum atomic E-state index is -0.0322. The van der Waals surface area contributed by atoms with Gasteiger partial charge >= 0.3 is 0 Å². The number of carbonyl (C=O) groups is 2. The molecule has 0 aromatic heterocycles. The summed E-state index contributed by atoms with van der Waals surface area (Å²) in [5, 5.41) is 2.91. The number of piperidine rings is 1. The highest BCUT2D eigenvalue weighted by atomic mass is 35.5. The Morgan fingerprint density at radius 1 is 1.28 bits per heavy atom. The zero-order valence-electron chi connectivity index (χ0n) is 15.0. The van der Waals surface area contributed by atoms with Crippen molar-refractivity contribution in [1.29, 1.82) is 0 Å². The summed E-state index contributed by atoms with van der Waals surface area (Å²) >= 11 is 0. The number of nitrogens with two attached hydrogens (primary N) is 1. The fourth-order valence-corrected chi connectivity index (χ4v) is 3.25. The lowest BCUT2D eigenvalue weighted by atomic mass is 10.00. The number of nitrogens with one attached hydrogen (secondary N) is 1. The summed E-state index contributed by atoms with van der Waals surface area (Å²) < 4.78 is 0. The second kappa shape index (κ2) is 11.1. The predicted octanol–water partition coefficient (Wildman–Crippen LogP) is 2.20. The summed E-state index contributed by atoms with van der Waals surface area (Å²) in [6.07, 6.45) is 4.75. The molecule has 2 amide bonds. The van der Waals surface area contributed by atoms with Crippen LogP contribution >= 0.6 is 12.4 Å². The first-order valence-electron chi connectivity index (χ1n) is 8.92. The molecule has 25 heavy (non-hydrogen) atoms. The Morgan fingerprint density at radius 3 is 2.80 bits per heavy atom. The fraction of sp³-hybridized carbons (Fsp3) is 0.579. The number of benzene rings is 1. The number of halogens is 1. The number of aryl methyl sites for hydroxylation is 2. The molecule has 2 rings (SSSR count). The lowest BCUT2D eigenvalue weighted by molar-refractivity contribution is -0.135. The molecule has 5 nitrogen and oxygen atoms in total. The van der Waals surface area contributed by atoms with Gasteiger partial charge in [0.15, 0.2) is 0 Å². The monoisotopic (exact) mass is 367 g/mol. The Balaban J connectivity index is 0.00000312. The van der Waals surface area contributed by atoms with Crippen LogP contribution in [0.5, 0.6) is 0 Å². The molecule has 1 saturated heterocycles. The zero-order chi connectivity index (χ0) is 17.4. The Hall–Kier alpha value is -1.59. The van der Waals surface area contributed by atoms with Gasteiger partial charge in [0.1, 0.15) is 0 Å². The predicted molar refractivity (Wildman–Crippen MR) is 103 cm³/mol. The molecule has 1 unspecified atom stereocenters. The van der Waals surface area contributed by atoms with E-state index in [1.807, 2.05) is 11.0 Å². The van der Waals surface area contributed by atoms with Crippen LogP contribution in [0.15, 0.2) is 24.3 Å². The van der Waals surface area contributed by atoms with Gasteiger partial charge in [-0.15, -0.1) is 12.4 Å². The lowest BCUT2D eigenvalue weighted by Gasteiger charge is -2.36. The largest absolute Gasteiger partial charge is 0.354 e. The van der Waals surface area contributed by atoms with Crippen LogP contribution in [-0.2, 0) is 16.0 Å². The molecule has 1 heterocycles. The van der Waals surface area contributed by atoms with Crippen molar-refractivity contribution < 1.29 is 9.59 Å². The van der Waals surface area contributed by atoms with Crippen molar-refractivity contribution in [3.8, 4) is 0 Å². The highest BCUT2D eigenvalue weighted by Crippen LogP contribution is 2.18. The van der Waals surface area contributed by atoms with E-state index in [1.54, 1.807) is 0 Å². The number of hydrogen-bond acceptors (Lipinski definition) is 3. The third-order valence-corrected chi connectivity index (χ3v) is 4.56. The zero-order valence-corrected chi connectivity index (χ0v) is 15.8. The van der Waals surface area contributed by atoms with E-state index < -0.39 is 0 Å². The Kier molecular flexibility index (Phi) is 9.53. The van der Waals surface area contributed by atoms with E-state index in [4.69, 9.17) is 5.73 Å². The number of carbonyl (C=O) groups excluding carboxylic acids is 2. The molecular formula is C19H30ClN3O2. The van der Waals surface area contributed by atoms with Crippen LogP contribution in [0, 0.1) is 6.92 Å². The molecule has 1 aromatic rings. The molecule has 0 saturated carbocycles. The molecule has 3 N–H and O–H groups in total. The average molecular weight is 368 g/mol. The number of nitrogens with zero attached hydrogens (tertiary/aromatic N) is 1. The first kappa shape index (κ1) is 21.5. The molecule has 1 aromatic carbocycles. The Bertz CT molecular complexity index is 565. The first-order chi connectivity index (χ1) is 11.6. The molecule has 0 aliphatic carbocycles. The van der Waals surface area contributed by atoms with E-state index in [9.17, 15) is 9.59 Å². The molecular weight excluding hydrogens is 338 g/mol. The molecule has 0 spiro atoms. The summed E-state index contributed by atoms with van der Waals surface area (Å²) in [6, 6.07) is 8.42. The molecule has 140 valence electrons. The van der Waals surface area contributed by atoms with E-state index in [2.05, 4.69) is 30.4 Å². The fourth-order valence-electron chi connectivity index (χ4n) is 3.25. The van der Waals surface area contributed by atoms with Crippen molar-refractivity contribution in [2.24, 2.45) is 5.73 Å². The van der Waals surface area contributed by atoms with E-state index in [0.29, 0.717) is 25.9 Å². The van der Waals surface area contributed by atoms with Crippen molar-refractivity contribution in [2.45, 2.75) is 51.5 Å². The number of hydrogen-bond donors (Lipinski definition) is 2. The molecule has 0 bridgehead atoms. The topological polar surface area (TPSA) is 75.4 Å². The number of amides is 2. The molecule has 1 aliphatic heterocycles. The molecule has 1 fully saturated rings. The minimum absolute atomic E-state index is 0. The van der Waals surface area contributed by atoms with Gasteiger partial charge in [0.05, 0.1) is 0 Å². The van der Waals surface area contributed by atoms with Crippen LogP contribution in [0.4, 0.5) is 0 Å². The summed E-state index contributed by atoms with van der Waals surface area (Å²) in [5.74, 6) is 0.157. The van der Waals surface area contributed by atoms with Crippen LogP contribution in [0.1, 0.15) is 43.2 Å². The van der Waals surface area contributed by atoms with Gasteiger partial charge in [-0.25, -0.2) is 0 Å².